The van der Waals surface area contributed by atoms with Gasteiger partial charge in [-0.05, 0) is 25.5 Å². The van der Waals surface area contributed by atoms with Crippen LogP contribution in [-0.2, 0) is 0 Å². The summed E-state index contributed by atoms with van der Waals surface area (Å²) in [6.45, 7) is 7.86. The van der Waals surface area contributed by atoms with Crippen molar-refractivity contribution in [3.8, 4) is 0 Å². The van der Waals surface area contributed by atoms with Crippen LogP contribution < -0.4 is 11.1 Å². The Morgan fingerprint density at radius 3 is 2.73 bits per heavy atom. The highest BCUT2D eigenvalue weighted by Gasteiger charge is 1.97. The lowest BCUT2D eigenvalue weighted by Gasteiger charge is -2.08. The number of hydrogen-bond acceptors (Lipinski definition) is 3. The monoisotopic (exact) mass is 203 g/mol. The summed E-state index contributed by atoms with van der Waals surface area (Å²) in [5, 5.41) is 3.07. The molecule has 0 spiro atoms. The van der Waals surface area contributed by atoms with Gasteiger partial charge in [-0.3, -0.25) is 0 Å². The van der Waals surface area contributed by atoms with Crippen molar-refractivity contribution in [3.63, 3.8) is 0 Å². The molecule has 3 nitrogen and oxygen atoms in total. The molecule has 80 valence electrons. The Balaban J connectivity index is 2.71. The summed E-state index contributed by atoms with van der Waals surface area (Å²) in [4.78, 5) is 4.29. The van der Waals surface area contributed by atoms with Gasteiger partial charge in [-0.2, -0.15) is 0 Å². The van der Waals surface area contributed by atoms with Crippen molar-refractivity contribution in [1.29, 1.82) is 0 Å². The summed E-state index contributed by atoms with van der Waals surface area (Å²) in [6, 6.07) is 7.55. The van der Waals surface area contributed by atoms with Crippen molar-refractivity contribution in [3.05, 3.63) is 36.7 Å². The normalized spacial score (nSPS) is 11.2. The zero-order chi connectivity index (χ0) is 11.3. The van der Waals surface area contributed by atoms with E-state index in [2.05, 4.69) is 23.8 Å². The summed E-state index contributed by atoms with van der Waals surface area (Å²) >= 11 is 0. The standard InChI is InChI=1S/C12H17N3/c1-4-9(2)14-10(3)15-12-8-6-5-7-11(12)13/h5-8,15H,3-4,13H2,1-2H3/b14-9-. The Morgan fingerprint density at radius 2 is 2.13 bits per heavy atom. The van der Waals surface area contributed by atoms with E-state index < -0.39 is 0 Å². The molecule has 0 aliphatic heterocycles. The van der Waals surface area contributed by atoms with Crippen molar-refractivity contribution < 1.29 is 0 Å². The molecule has 3 heteroatoms. The van der Waals surface area contributed by atoms with Crippen LogP contribution in [0.4, 0.5) is 11.4 Å². The quantitative estimate of drug-likeness (QED) is 0.583. The lowest BCUT2D eigenvalue weighted by molar-refractivity contribution is 1.21. The molecule has 0 unspecified atom stereocenters. The van der Waals surface area contributed by atoms with E-state index in [1.54, 1.807) is 0 Å². The van der Waals surface area contributed by atoms with E-state index >= 15 is 0 Å². The van der Waals surface area contributed by atoms with E-state index in [0.29, 0.717) is 11.5 Å². The molecule has 0 atom stereocenters. The van der Waals surface area contributed by atoms with Crippen molar-refractivity contribution >= 4 is 17.1 Å². The molecule has 0 saturated carbocycles. The number of para-hydroxylation sites is 2. The molecule has 0 aromatic heterocycles. The van der Waals surface area contributed by atoms with Crippen LogP contribution in [-0.4, -0.2) is 5.71 Å². The largest absolute Gasteiger partial charge is 0.397 e. The molecule has 1 aromatic carbocycles. The van der Waals surface area contributed by atoms with Crippen LogP contribution in [0.3, 0.4) is 0 Å². The Labute approximate surface area is 90.7 Å². The summed E-state index contributed by atoms with van der Waals surface area (Å²) < 4.78 is 0. The molecule has 0 aliphatic carbocycles. The first-order valence-electron chi connectivity index (χ1n) is 4.98. The zero-order valence-electron chi connectivity index (χ0n) is 9.25. The lowest BCUT2D eigenvalue weighted by Crippen LogP contribution is -2.01. The van der Waals surface area contributed by atoms with Gasteiger partial charge in [-0.25, -0.2) is 4.99 Å². The molecule has 3 N–H and O–H groups in total. The van der Waals surface area contributed by atoms with Gasteiger partial charge in [0.2, 0.25) is 0 Å². The van der Waals surface area contributed by atoms with Crippen LogP contribution in [0.15, 0.2) is 41.7 Å². The Morgan fingerprint density at radius 1 is 1.47 bits per heavy atom. The number of anilines is 2. The summed E-state index contributed by atoms with van der Waals surface area (Å²) in [7, 11) is 0. The van der Waals surface area contributed by atoms with Crippen LogP contribution >= 0.6 is 0 Å². The Kier molecular flexibility index (Phi) is 3.92. The maximum absolute atomic E-state index is 5.78. The number of nitrogens with one attached hydrogen (secondary N) is 1. The highest BCUT2D eigenvalue weighted by molar-refractivity contribution is 5.83. The maximum atomic E-state index is 5.78. The molecule has 15 heavy (non-hydrogen) atoms. The van der Waals surface area contributed by atoms with Gasteiger partial charge in [0, 0.05) is 5.71 Å². The predicted octanol–water partition coefficient (Wildman–Crippen LogP) is 3.02. The average Bonchev–Trinajstić information content (AvgIpc) is 2.21. The minimum Gasteiger partial charge on any atom is -0.397 e. The summed E-state index contributed by atoms with van der Waals surface area (Å²) in [5.41, 5.74) is 8.36. The van der Waals surface area contributed by atoms with Crippen LogP contribution in [0.1, 0.15) is 20.3 Å². The molecule has 0 aliphatic rings. The minimum absolute atomic E-state index is 0.618. The van der Waals surface area contributed by atoms with Crippen LogP contribution in [0.2, 0.25) is 0 Å². The van der Waals surface area contributed by atoms with Gasteiger partial charge in [-0.15, -0.1) is 0 Å². The first-order chi connectivity index (χ1) is 7.13. The van der Waals surface area contributed by atoms with Gasteiger partial charge in [0.05, 0.1) is 11.4 Å². The Hall–Kier alpha value is -1.77. The van der Waals surface area contributed by atoms with E-state index in [1.807, 2.05) is 31.2 Å². The highest BCUT2D eigenvalue weighted by Crippen LogP contribution is 2.18. The van der Waals surface area contributed by atoms with Gasteiger partial charge >= 0.3 is 0 Å². The zero-order valence-corrected chi connectivity index (χ0v) is 9.25. The molecule has 1 rings (SSSR count). The first kappa shape index (κ1) is 11.3. The van der Waals surface area contributed by atoms with E-state index in [1.165, 1.54) is 0 Å². The van der Waals surface area contributed by atoms with E-state index in [9.17, 15) is 0 Å². The first-order valence-corrected chi connectivity index (χ1v) is 4.98. The molecule has 1 aromatic rings. The van der Waals surface area contributed by atoms with Crippen LogP contribution in [0.5, 0.6) is 0 Å². The molecule has 0 saturated heterocycles. The van der Waals surface area contributed by atoms with Gasteiger partial charge in [0.15, 0.2) is 0 Å². The predicted molar refractivity (Wildman–Crippen MR) is 67.0 cm³/mol. The maximum Gasteiger partial charge on any atom is 0.122 e. The van der Waals surface area contributed by atoms with Crippen molar-refractivity contribution in [2.24, 2.45) is 4.99 Å². The number of benzene rings is 1. The molecule has 0 heterocycles. The van der Waals surface area contributed by atoms with E-state index in [4.69, 9.17) is 5.73 Å². The molecule has 0 amide bonds. The number of nitrogens with zero attached hydrogens (tertiary/aromatic N) is 1. The fraction of sp³-hybridized carbons (Fsp3) is 0.250. The second-order valence-electron chi connectivity index (χ2n) is 3.36. The molecule has 0 fully saturated rings. The smallest absolute Gasteiger partial charge is 0.122 e. The second kappa shape index (κ2) is 5.20. The van der Waals surface area contributed by atoms with E-state index in [0.717, 1.165) is 17.8 Å². The number of rotatable bonds is 4. The number of aliphatic imine (C=N–C) groups is 1. The third-order valence-corrected chi connectivity index (χ3v) is 2.08. The van der Waals surface area contributed by atoms with Crippen LogP contribution in [0.25, 0.3) is 0 Å². The highest BCUT2D eigenvalue weighted by atomic mass is 15.0. The lowest BCUT2D eigenvalue weighted by atomic mass is 10.3. The molecular formula is C12H17N3. The van der Waals surface area contributed by atoms with Crippen LogP contribution in [0, 0.1) is 0 Å². The fourth-order valence-electron chi connectivity index (χ4n) is 1.10. The fourth-order valence-corrected chi connectivity index (χ4v) is 1.10. The third kappa shape index (κ3) is 3.46. The van der Waals surface area contributed by atoms with Crippen molar-refractivity contribution in [2.75, 3.05) is 11.1 Å². The summed E-state index contributed by atoms with van der Waals surface area (Å²) in [6.07, 6.45) is 0.922. The van der Waals surface area contributed by atoms with Gasteiger partial charge in [0.1, 0.15) is 5.82 Å². The minimum atomic E-state index is 0.618. The second-order valence-corrected chi connectivity index (χ2v) is 3.36. The molecular weight excluding hydrogens is 186 g/mol. The van der Waals surface area contributed by atoms with Gasteiger partial charge < -0.3 is 11.1 Å². The average molecular weight is 203 g/mol. The topological polar surface area (TPSA) is 50.4 Å². The van der Waals surface area contributed by atoms with Gasteiger partial charge in [-0.1, -0.05) is 25.6 Å². The van der Waals surface area contributed by atoms with Crippen molar-refractivity contribution in [1.82, 2.24) is 0 Å². The van der Waals surface area contributed by atoms with E-state index in [-0.39, 0.29) is 0 Å². The van der Waals surface area contributed by atoms with Gasteiger partial charge in [0.25, 0.3) is 0 Å². The Bertz CT molecular complexity index is 380. The number of nitrogens with two attached hydrogens (primary N) is 1. The molecule has 0 radical (unpaired) electrons. The SMILES string of the molecule is C=C(/N=C(/C)CC)Nc1ccccc1N. The van der Waals surface area contributed by atoms with Crippen molar-refractivity contribution in [2.45, 2.75) is 20.3 Å². The third-order valence-electron chi connectivity index (χ3n) is 2.08. The summed E-state index contributed by atoms with van der Waals surface area (Å²) in [5.74, 6) is 0.618. The number of nitrogen functional groups attached to an aromatic ring is 1. The number of hydrogen-bond donors (Lipinski definition) is 2. The molecule has 0 bridgehead atoms.